The fourth-order valence-electron chi connectivity index (χ4n) is 3.77. The zero-order valence-corrected chi connectivity index (χ0v) is 16.3. The molecule has 0 spiro atoms. The number of ether oxygens (including phenoxy) is 1. The highest BCUT2D eigenvalue weighted by Gasteiger charge is 2.13. The van der Waals surface area contributed by atoms with Crippen LogP contribution < -0.4 is 5.32 Å². The molecule has 0 atom stereocenters. The highest BCUT2D eigenvalue weighted by Crippen LogP contribution is 2.22. The number of nitrogens with zero attached hydrogens (tertiary/aromatic N) is 1. The minimum Gasteiger partial charge on any atom is -0.379 e. The Balaban J connectivity index is 1.31. The summed E-state index contributed by atoms with van der Waals surface area (Å²) in [5.41, 5.74) is 5.64. The first-order chi connectivity index (χ1) is 13.7. The number of hydrogen-bond acceptors (Lipinski definition) is 3. The first-order valence-corrected chi connectivity index (χ1v) is 9.90. The van der Waals surface area contributed by atoms with Crippen LogP contribution in [0.5, 0.6) is 0 Å². The number of fused-ring (bicyclic) bond motifs is 1. The van der Waals surface area contributed by atoms with E-state index < -0.39 is 0 Å². The van der Waals surface area contributed by atoms with Crippen molar-refractivity contribution >= 4 is 16.8 Å². The van der Waals surface area contributed by atoms with E-state index in [1.807, 2.05) is 25.1 Å². The van der Waals surface area contributed by atoms with Crippen LogP contribution >= 0.6 is 0 Å². The van der Waals surface area contributed by atoms with Crippen molar-refractivity contribution in [1.82, 2.24) is 15.2 Å². The third-order valence-electron chi connectivity index (χ3n) is 5.39. The Morgan fingerprint density at radius 3 is 2.57 bits per heavy atom. The second-order valence-corrected chi connectivity index (χ2v) is 7.43. The van der Waals surface area contributed by atoms with Gasteiger partial charge in [-0.2, -0.15) is 0 Å². The molecule has 0 bridgehead atoms. The van der Waals surface area contributed by atoms with Crippen molar-refractivity contribution < 1.29 is 9.53 Å². The molecule has 1 aromatic heterocycles. The number of H-pyrrole nitrogens is 1. The van der Waals surface area contributed by atoms with Crippen molar-refractivity contribution in [3.05, 3.63) is 70.9 Å². The van der Waals surface area contributed by atoms with E-state index in [2.05, 4.69) is 45.5 Å². The highest BCUT2D eigenvalue weighted by atomic mass is 16.5. The number of para-hydroxylation sites is 1. The molecule has 1 amide bonds. The zero-order chi connectivity index (χ0) is 19.3. The third kappa shape index (κ3) is 4.43. The van der Waals surface area contributed by atoms with Crippen molar-refractivity contribution in [1.29, 1.82) is 0 Å². The number of amides is 1. The molecule has 5 nitrogen and oxygen atoms in total. The molecular formula is C23H27N3O2. The fraction of sp³-hybridized carbons (Fsp3) is 0.348. The SMILES string of the molecule is Cc1[nH]c2ccccc2c1CC(=O)NCc1ccc(CN2CCOCC2)cc1. The normalized spacial score (nSPS) is 15.0. The lowest BCUT2D eigenvalue weighted by atomic mass is 10.1. The van der Waals surface area contributed by atoms with Crippen LogP contribution in [0.25, 0.3) is 10.9 Å². The maximum atomic E-state index is 12.5. The summed E-state index contributed by atoms with van der Waals surface area (Å²) >= 11 is 0. The summed E-state index contributed by atoms with van der Waals surface area (Å²) in [5, 5.41) is 4.18. The highest BCUT2D eigenvalue weighted by molar-refractivity contribution is 5.90. The average Bonchev–Trinajstić information content (AvgIpc) is 3.03. The Morgan fingerprint density at radius 2 is 1.79 bits per heavy atom. The molecule has 1 fully saturated rings. The molecular weight excluding hydrogens is 350 g/mol. The number of hydrogen-bond donors (Lipinski definition) is 2. The minimum atomic E-state index is 0.0465. The van der Waals surface area contributed by atoms with Gasteiger partial charge in [0.15, 0.2) is 0 Å². The van der Waals surface area contributed by atoms with Gasteiger partial charge in [0.05, 0.1) is 19.6 Å². The summed E-state index contributed by atoms with van der Waals surface area (Å²) in [6.45, 7) is 7.15. The molecule has 146 valence electrons. The maximum absolute atomic E-state index is 12.5. The second kappa shape index (κ2) is 8.59. The number of aryl methyl sites for hydroxylation is 1. The zero-order valence-electron chi connectivity index (χ0n) is 16.3. The molecule has 2 heterocycles. The lowest BCUT2D eigenvalue weighted by Crippen LogP contribution is -2.35. The minimum absolute atomic E-state index is 0.0465. The van der Waals surface area contributed by atoms with Gasteiger partial charge in [0.2, 0.25) is 5.91 Å². The van der Waals surface area contributed by atoms with E-state index in [4.69, 9.17) is 4.74 Å². The summed E-state index contributed by atoms with van der Waals surface area (Å²) in [6, 6.07) is 16.6. The number of carbonyl (C=O) groups is 1. The largest absolute Gasteiger partial charge is 0.379 e. The maximum Gasteiger partial charge on any atom is 0.224 e. The molecule has 2 N–H and O–H groups in total. The number of aromatic amines is 1. The number of morpholine rings is 1. The number of rotatable bonds is 6. The van der Waals surface area contributed by atoms with E-state index in [9.17, 15) is 4.79 Å². The molecule has 4 rings (SSSR count). The van der Waals surface area contributed by atoms with Crippen molar-refractivity contribution in [3.8, 4) is 0 Å². The van der Waals surface area contributed by atoms with Crippen molar-refractivity contribution in [3.63, 3.8) is 0 Å². The van der Waals surface area contributed by atoms with E-state index in [-0.39, 0.29) is 5.91 Å². The van der Waals surface area contributed by atoms with Crippen LogP contribution in [-0.4, -0.2) is 42.1 Å². The van der Waals surface area contributed by atoms with Gasteiger partial charge in [-0.1, -0.05) is 42.5 Å². The molecule has 1 aliphatic rings. The van der Waals surface area contributed by atoms with Crippen LogP contribution in [0, 0.1) is 6.92 Å². The lowest BCUT2D eigenvalue weighted by molar-refractivity contribution is -0.120. The predicted molar refractivity (Wildman–Crippen MR) is 111 cm³/mol. The van der Waals surface area contributed by atoms with Crippen molar-refractivity contribution in [2.75, 3.05) is 26.3 Å². The van der Waals surface area contributed by atoms with Crippen LogP contribution in [-0.2, 0) is 29.0 Å². The van der Waals surface area contributed by atoms with Gasteiger partial charge < -0.3 is 15.0 Å². The molecule has 1 aliphatic heterocycles. The molecule has 0 unspecified atom stereocenters. The van der Waals surface area contributed by atoms with Gasteiger partial charge in [-0.05, 0) is 29.7 Å². The van der Waals surface area contributed by atoms with E-state index >= 15 is 0 Å². The summed E-state index contributed by atoms with van der Waals surface area (Å²) in [7, 11) is 0. The van der Waals surface area contributed by atoms with Gasteiger partial charge >= 0.3 is 0 Å². The van der Waals surface area contributed by atoms with Gasteiger partial charge in [-0.15, -0.1) is 0 Å². The number of benzene rings is 2. The predicted octanol–water partition coefficient (Wildman–Crippen LogP) is 3.17. The molecule has 0 aliphatic carbocycles. The summed E-state index contributed by atoms with van der Waals surface area (Å²) in [4.78, 5) is 18.2. The quantitative estimate of drug-likeness (QED) is 0.694. The van der Waals surface area contributed by atoms with Gasteiger partial charge in [0, 0.05) is 42.8 Å². The van der Waals surface area contributed by atoms with Gasteiger partial charge in [0.1, 0.15) is 0 Å². The third-order valence-corrected chi connectivity index (χ3v) is 5.39. The smallest absolute Gasteiger partial charge is 0.224 e. The van der Waals surface area contributed by atoms with Gasteiger partial charge in [-0.3, -0.25) is 9.69 Å². The van der Waals surface area contributed by atoms with Crippen molar-refractivity contribution in [2.24, 2.45) is 0 Å². The van der Waals surface area contributed by atoms with Crippen LogP contribution in [0.3, 0.4) is 0 Å². The van der Waals surface area contributed by atoms with Crippen LogP contribution in [0.2, 0.25) is 0 Å². The first-order valence-electron chi connectivity index (χ1n) is 9.90. The molecule has 0 radical (unpaired) electrons. The van der Waals surface area contributed by atoms with Crippen LogP contribution in [0.4, 0.5) is 0 Å². The lowest BCUT2D eigenvalue weighted by Gasteiger charge is -2.26. The first kappa shape index (κ1) is 18.7. The summed E-state index contributed by atoms with van der Waals surface area (Å²) in [6.07, 6.45) is 0.394. The topological polar surface area (TPSA) is 57.4 Å². The Morgan fingerprint density at radius 1 is 1.07 bits per heavy atom. The number of carbonyl (C=O) groups excluding carboxylic acids is 1. The van der Waals surface area contributed by atoms with Crippen molar-refractivity contribution in [2.45, 2.75) is 26.4 Å². The van der Waals surface area contributed by atoms with Gasteiger partial charge in [0.25, 0.3) is 0 Å². The standard InChI is InChI=1S/C23H27N3O2/c1-17-21(20-4-2-3-5-22(20)25-17)14-23(27)24-15-18-6-8-19(9-7-18)16-26-10-12-28-13-11-26/h2-9,25H,10-16H2,1H3,(H,24,27). The van der Waals surface area contributed by atoms with E-state index in [0.29, 0.717) is 13.0 Å². The van der Waals surface area contributed by atoms with E-state index in [1.165, 1.54) is 5.56 Å². The molecule has 28 heavy (non-hydrogen) atoms. The summed E-state index contributed by atoms with van der Waals surface area (Å²) < 4.78 is 5.40. The van der Waals surface area contributed by atoms with Crippen LogP contribution in [0.1, 0.15) is 22.4 Å². The number of nitrogens with one attached hydrogen (secondary N) is 2. The second-order valence-electron chi connectivity index (χ2n) is 7.43. The molecule has 2 aromatic carbocycles. The number of aromatic nitrogens is 1. The summed E-state index contributed by atoms with van der Waals surface area (Å²) in [5.74, 6) is 0.0465. The fourth-order valence-corrected chi connectivity index (χ4v) is 3.77. The van der Waals surface area contributed by atoms with E-state index in [1.54, 1.807) is 0 Å². The molecule has 1 saturated heterocycles. The van der Waals surface area contributed by atoms with Gasteiger partial charge in [-0.25, -0.2) is 0 Å². The Hall–Kier alpha value is -2.63. The Kier molecular flexibility index (Phi) is 5.74. The van der Waals surface area contributed by atoms with Crippen LogP contribution in [0.15, 0.2) is 48.5 Å². The average molecular weight is 377 g/mol. The molecule has 3 aromatic rings. The molecule has 5 heteroatoms. The Labute approximate surface area is 165 Å². The molecule has 0 saturated carbocycles. The monoisotopic (exact) mass is 377 g/mol. The van der Waals surface area contributed by atoms with E-state index in [0.717, 1.165) is 60.6 Å². The Bertz CT molecular complexity index is 940.